The Bertz CT molecular complexity index is 761. The minimum Gasteiger partial charge on any atom is -0.325 e. The van der Waals surface area contributed by atoms with Gasteiger partial charge in [0.05, 0.1) is 5.69 Å². The fraction of sp³-hybridized carbons (Fsp3) is 0.267. The quantitative estimate of drug-likeness (QED) is 0.641. The molecule has 3 heterocycles. The molecule has 0 N–H and O–H groups in total. The number of thiazole rings is 1. The first-order valence-electron chi connectivity index (χ1n) is 6.74. The topological polar surface area (TPSA) is 20.5 Å². The summed E-state index contributed by atoms with van der Waals surface area (Å²) >= 11 is 5.30. The second kappa shape index (κ2) is 4.90. The summed E-state index contributed by atoms with van der Waals surface area (Å²) in [4.78, 5) is 8.28. The van der Waals surface area contributed by atoms with E-state index in [1.807, 2.05) is 0 Å². The van der Waals surface area contributed by atoms with E-state index >= 15 is 0 Å². The second-order valence-corrected chi connectivity index (χ2v) is 6.39. The molecule has 20 heavy (non-hydrogen) atoms. The normalized spacial score (nSPS) is 14.8. The second-order valence-electron chi connectivity index (χ2n) is 4.96. The first-order chi connectivity index (χ1) is 9.88. The molecule has 0 aliphatic carbocycles. The van der Waals surface area contributed by atoms with Gasteiger partial charge in [-0.1, -0.05) is 34.1 Å². The predicted molar refractivity (Wildman–Crippen MR) is 87.5 cm³/mol. The van der Waals surface area contributed by atoms with Crippen LogP contribution in [-0.2, 0) is 11.8 Å². The van der Waals surface area contributed by atoms with E-state index in [0.717, 1.165) is 22.7 Å². The van der Waals surface area contributed by atoms with Gasteiger partial charge in [0.25, 0.3) is 0 Å². The van der Waals surface area contributed by atoms with Crippen LogP contribution in [-0.4, -0.2) is 15.9 Å². The molecule has 0 unspecified atom stereocenters. The van der Waals surface area contributed by atoms with Crippen molar-refractivity contribution in [2.45, 2.75) is 18.2 Å². The maximum Gasteiger partial charge on any atom is 0.195 e. The van der Waals surface area contributed by atoms with Crippen LogP contribution in [0.1, 0.15) is 17.7 Å². The third-order valence-corrected chi connectivity index (χ3v) is 5.12. The SMILES string of the molecule is BrCc1c(N2CCCc3ccccc32)nc2sccn12. The van der Waals surface area contributed by atoms with Crippen molar-refractivity contribution in [2.75, 3.05) is 11.4 Å². The lowest BCUT2D eigenvalue weighted by atomic mass is 10.0. The van der Waals surface area contributed by atoms with Gasteiger partial charge in [-0.15, -0.1) is 11.3 Å². The zero-order valence-corrected chi connectivity index (χ0v) is 13.3. The highest BCUT2D eigenvalue weighted by molar-refractivity contribution is 9.08. The lowest BCUT2D eigenvalue weighted by Gasteiger charge is -2.30. The summed E-state index contributed by atoms with van der Waals surface area (Å²) < 4.78 is 2.19. The number of alkyl halides is 1. The van der Waals surface area contributed by atoms with Crippen molar-refractivity contribution in [3.63, 3.8) is 0 Å². The number of nitrogens with zero attached hydrogens (tertiary/aromatic N) is 3. The van der Waals surface area contributed by atoms with Crippen LogP contribution in [0.2, 0.25) is 0 Å². The molecule has 1 aliphatic rings. The molecule has 3 aromatic rings. The Hall–Kier alpha value is -1.33. The van der Waals surface area contributed by atoms with Crippen molar-refractivity contribution in [2.24, 2.45) is 0 Å². The minimum absolute atomic E-state index is 0.818. The molecule has 0 fully saturated rings. The van der Waals surface area contributed by atoms with Crippen LogP contribution in [0.15, 0.2) is 35.8 Å². The highest BCUT2D eigenvalue weighted by Gasteiger charge is 2.23. The zero-order valence-electron chi connectivity index (χ0n) is 10.9. The van der Waals surface area contributed by atoms with Crippen LogP contribution in [0.5, 0.6) is 0 Å². The van der Waals surface area contributed by atoms with Gasteiger partial charge >= 0.3 is 0 Å². The Morgan fingerprint density at radius 3 is 3.10 bits per heavy atom. The van der Waals surface area contributed by atoms with Crippen LogP contribution in [0, 0.1) is 0 Å². The van der Waals surface area contributed by atoms with Gasteiger partial charge in [0.15, 0.2) is 10.8 Å². The molecule has 5 heteroatoms. The third kappa shape index (κ3) is 1.80. The fourth-order valence-corrected chi connectivity index (χ4v) is 4.16. The van der Waals surface area contributed by atoms with Crippen molar-refractivity contribution < 1.29 is 0 Å². The lowest BCUT2D eigenvalue weighted by Crippen LogP contribution is -2.25. The molecule has 0 radical (unpaired) electrons. The van der Waals surface area contributed by atoms with Crippen molar-refractivity contribution in [3.05, 3.63) is 47.1 Å². The van der Waals surface area contributed by atoms with Gasteiger partial charge in [-0.05, 0) is 24.5 Å². The summed E-state index contributed by atoms with van der Waals surface area (Å²) in [6.07, 6.45) is 4.45. The van der Waals surface area contributed by atoms with Crippen molar-refractivity contribution in [1.82, 2.24) is 9.38 Å². The van der Waals surface area contributed by atoms with Gasteiger partial charge in [-0.25, -0.2) is 4.98 Å². The lowest BCUT2D eigenvalue weighted by molar-refractivity contribution is 0.759. The molecule has 0 bridgehead atoms. The molecule has 4 rings (SSSR count). The standard InChI is InChI=1S/C15H14BrN3S/c16-10-13-14(17-15-19(13)8-9-20-15)18-7-3-5-11-4-1-2-6-12(11)18/h1-2,4,6,8-9H,3,5,7,10H2. The molecule has 1 aromatic carbocycles. The summed E-state index contributed by atoms with van der Waals surface area (Å²) in [6.45, 7) is 1.04. The highest BCUT2D eigenvalue weighted by Crippen LogP contribution is 2.36. The maximum atomic E-state index is 4.84. The third-order valence-electron chi connectivity index (χ3n) is 3.83. The number of fused-ring (bicyclic) bond motifs is 2. The number of anilines is 2. The largest absolute Gasteiger partial charge is 0.325 e. The van der Waals surface area contributed by atoms with Gasteiger partial charge in [-0.2, -0.15) is 0 Å². The van der Waals surface area contributed by atoms with E-state index in [9.17, 15) is 0 Å². The summed E-state index contributed by atoms with van der Waals surface area (Å²) in [6, 6.07) is 8.68. The Morgan fingerprint density at radius 2 is 2.20 bits per heavy atom. The number of halogens is 1. The van der Waals surface area contributed by atoms with E-state index in [2.05, 4.69) is 61.1 Å². The van der Waals surface area contributed by atoms with Crippen LogP contribution < -0.4 is 4.90 Å². The van der Waals surface area contributed by atoms with Crippen LogP contribution in [0.4, 0.5) is 11.5 Å². The number of aromatic nitrogens is 2. The fourth-order valence-electron chi connectivity index (χ4n) is 2.92. The number of benzene rings is 1. The highest BCUT2D eigenvalue weighted by atomic mass is 79.9. The van der Waals surface area contributed by atoms with Crippen LogP contribution in [0.25, 0.3) is 4.96 Å². The molecule has 0 saturated carbocycles. The summed E-state index contributed by atoms with van der Waals surface area (Å²) in [5, 5.41) is 2.90. The molecule has 0 amide bonds. The Kier molecular flexibility index (Phi) is 3.04. The number of imidazole rings is 1. The zero-order chi connectivity index (χ0) is 13.5. The van der Waals surface area contributed by atoms with Crippen molar-refractivity contribution in [3.8, 4) is 0 Å². The average Bonchev–Trinajstić information content (AvgIpc) is 3.06. The van der Waals surface area contributed by atoms with Gasteiger partial charge in [0, 0.05) is 29.1 Å². The molecule has 3 nitrogen and oxygen atoms in total. The molecule has 0 spiro atoms. The van der Waals surface area contributed by atoms with E-state index in [-0.39, 0.29) is 0 Å². The van der Waals surface area contributed by atoms with Crippen LogP contribution >= 0.6 is 27.3 Å². The van der Waals surface area contributed by atoms with Gasteiger partial charge in [0.1, 0.15) is 0 Å². The Labute approximate surface area is 130 Å². The first-order valence-corrected chi connectivity index (χ1v) is 8.74. The summed E-state index contributed by atoms with van der Waals surface area (Å²) in [5.74, 6) is 1.10. The smallest absolute Gasteiger partial charge is 0.195 e. The number of aryl methyl sites for hydroxylation is 1. The molecule has 1 aliphatic heterocycles. The number of hydrogen-bond acceptors (Lipinski definition) is 3. The van der Waals surface area contributed by atoms with E-state index in [1.165, 1.54) is 29.8 Å². The van der Waals surface area contributed by atoms with Crippen molar-refractivity contribution in [1.29, 1.82) is 0 Å². The number of hydrogen-bond donors (Lipinski definition) is 0. The van der Waals surface area contributed by atoms with E-state index in [1.54, 1.807) is 11.3 Å². The predicted octanol–water partition coefficient (Wildman–Crippen LogP) is 4.38. The van der Waals surface area contributed by atoms with E-state index in [4.69, 9.17) is 4.98 Å². The molecule has 2 aromatic heterocycles. The number of para-hydroxylation sites is 1. The molecule has 0 saturated heterocycles. The summed E-state index contributed by atoms with van der Waals surface area (Å²) in [7, 11) is 0. The molecular weight excluding hydrogens is 334 g/mol. The summed E-state index contributed by atoms with van der Waals surface area (Å²) in [5.41, 5.74) is 3.97. The van der Waals surface area contributed by atoms with E-state index in [0.29, 0.717) is 0 Å². The van der Waals surface area contributed by atoms with Crippen molar-refractivity contribution >= 4 is 43.7 Å². The van der Waals surface area contributed by atoms with Gasteiger partial charge < -0.3 is 4.90 Å². The maximum absolute atomic E-state index is 4.84. The van der Waals surface area contributed by atoms with E-state index < -0.39 is 0 Å². The Morgan fingerprint density at radius 1 is 1.30 bits per heavy atom. The monoisotopic (exact) mass is 347 g/mol. The Balaban J connectivity index is 1.89. The van der Waals surface area contributed by atoms with Gasteiger partial charge in [-0.3, -0.25) is 4.40 Å². The van der Waals surface area contributed by atoms with Gasteiger partial charge in [0.2, 0.25) is 0 Å². The molecular formula is C15H14BrN3S. The molecule has 0 atom stereocenters. The average molecular weight is 348 g/mol. The first kappa shape index (κ1) is 12.4. The minimum atomic E-state index is 0.818. The number of rotatable bonds is 2. The van der Waals surface area contributed by atoms with Crippen LogP contribution in [0.3, 0.4) is 0 Å². The molecule has 102 valence electrons.